The molecule has 0 radical (unpaired) electrons. The fraction of sp³-hybridized carbons (Fsp3) is 0.750. The highest BCUT2D eigenvalue weighted by Crippen LogP contribution is 2.19. The first kappa shape index (κ1) is 13.2. The van der Waals surface area contributed by atoms with Crippen LogP contribution in [0.1, 0.15) is 32.1 Å². The third-order valence-electron chi connectivity index (χ3n) is 2.73. The summed E-state index contributed by atoms with van der Waals surface area (Å²) in [7, 11) is 1.55. The van der Waals surface area contributed by atoms with Crippen molar-refractivity contribution in [3.05, 3.63) is 11.6 Å². The van der Waals surface area contributed by atoms with Crippen molar-refractivity contribution in [2.45, 2.75) is 38.1 Å². The van der Waals surface area contributed by atoms with Crippen LogP contribution in [-0.4, -0.2) is 37.4 Å². The second-order valence-electron chi connectivity index (χ2n) is 4.19. The molecular weight excluding hydrogens is 206 g/mol. The van der Waals surface area contributed by atoms with Crippen LogP contribution < -0.4 is 5.32 Å². The van der Waals surface area contributed by atoms with Gasteiger partial charge in [-0.1, -0.05) is 11.6 Å². The van der Waals surface area contributed by atoms with Gasteiger partial charge in [0.25, 0.3) is 0 Å². The van der Waals surface area contributed by atoms with Crippen LogP contribution in [0.5, 0.6) is 0 Å². The van der Waals surface area contributed by atoms with Crippen molar-refractivity contribution in [2.75, 3.05) is 20.3 Å². The molecule has 0 fully saturated rings. The van der Waals surface area contributed by atoms with E-state index in [4.69, 9.17) is 9.84 Å². The molecule has 1 amide bonds. The summed E-state index contributed by atoms with van der Waals surface area (Å²) in [5.41, 5.74) is 1.22. The standard InChI is InChI=1S/C12H21NO3/c1-16-9-11(8-14)13-12(15)7-10-5-3-2-4-6-10/h5,11,14H,2-4,6-9H2,1H3,(H,13,15). The number of aliphatic hydroxyl groups is 1. The minimum atomic E-state index is -0.290. The van der Waals surface area contributed by atoms with Crippen LogP contribution in [0, 0.1) is 0 Å². The highest BCUT2D eigenvalue weighted by atomic mass is 16.5. The first-order chi connectivity index (χ1) is 7.76. The first-order valence-corrected chi connectivity index (χ1v) is 5.83. The second kappa shape index (κ2) is 7.41. The summed E-state index contributed by atoms with van der Waals surface area (Å²) in [5, 5.41) is 11.8. The van der Waals surface area contributed by atoms with Gasteiger partial charge in [0.1, 0.15) is 0 Å². The van der Waals surface area contributed by atoms with Crippen molar-refractivity contribution in [3.8, 4) is 0 Å². The number of allylic oxidation sites excluding steroid dienone is 1. The van der Waals surface area contributed by atoms with E-state index in [1.54, 1.807) is 7.11 Å². The van der Waals surface area contributed by atoms with Crippen molar-refractivity contribution in [2.24, 2.45) is 0 Å². The fourth-order valence-electron chi connectivity index (χ4n) is 1.89. The lowest BCUT2D eigenvalue weighted by Crippen LogP contribution is -2.40. The molecule has 0 aromatic heterocycles. The second-order valence-corrected chi connectivity index (χ2v) is 4.19. The van der Waals surface area contributed by atoms with E-state index >= 15 is 0 Å². The van der Waals surface area contributed by atoms with Gasteiger partial charge in [-0.25, -0.2) is 0 Å². The highest BCUT2D eigenvalue weighted by molar-refractivity contribution is 5.78. The van der Waals surface area contributed by atoms with Gasteiger partial charge in [-0.05, 0) is 25.7 Å². The lowest BCUT2D eigenvalue weighted by molar-refractivity contribution is -0.121. The molecule has 0 saturated heterocycles. The van der Waals surface area contributed by atoms with Gasteiger partial charge < -0.3 is 15.2 Å². The van der Waals surface area contributed by atoms with E-state index in [0.717, 1.165) is 12.8 Å². The largest absolute Gasteiger partial charge is 0.394 e. The Morgan fingerprint density at radius 2 is 2.44 bits per heavy atom. The molecule has 1 aliphatic rings. The molecular formula is C12H21NO3. The molecule has 0 heterocycles. The maximum atomic E-state index is 11.6. The summed E-state index contributed by atoms with van der Waals surface area (Å²) in [5.74, 6) is -0.0238. The lowest BCUT2D eigenvalue weighted by Gasteiger charge is -2.17. The third-order valence-corrected chi connectivity index (χ3v) is 2.73. The molecule has 0 aromatic rings. The molecule has 4 nitrogen and oxygen atoms in total. The number of rotatable bonds is 6. The van der Waals surface area contributed by atoms with E-state index in [1.165, 1.54) is 18.4 Å². The quantitative estimate of drug-likeness (QED) is 0.666. The monoisotopic (exact) mass is 227 g/mol. The molecule has 1 atom stereocenters. The van der Waals surface area contributed by atoms with Crippen LogP contribution >= 0.6 is 0 Å². The number of carbonyl (C=O) groups is 1. The van der Waals surface area contributed by atoms with E-state index in [1.807, 2.05) is 0 Å². The Hall–Kier alpha value is -0.870. The molecule has 4 heteroatoms. The van der Waals surface area contributed by atoms with Crippen molar-refractivity contribution in [3.63, 3.8) is 0 Å². The van der Waals surface area contributed by atoms with Crippen LogP contribution in [0.25, 0.3) is 0 Å². The van der Waals surface area contributed by atoms with Gasteiger partial charge in [-0.15, -0.1) is 0 Å². The van der Waals surface area contributed by atoms with E-state index in [-0.39, 0.29) is 18.6 Å². The Kier molecular flexibility index (Phi) is 6.11. The molecule has 16 heavy (non-hydrogen) atoms. The molecule has 0 spiro atoms. The van der Waals surface area contributed by atoms with Crippen LogP contribution in [0.3, 0.4) is 0 Å². The Bertz CT molecular complexity index is 251. The smallest absolute Gasteiger partial charge is 0.224 e. The number of amides is 1. The van der Waals surface area contributed by atoms with Gasteiger partial charge in [0.05, 0.1) is 19.3 Å². The van der Waals surface area contributed by atoms with Crippen LogP contribution in [-0.2, 0) is 9.53 Å². The van der Waals surface area contributed by atoms with Crippen LogP contribution in [0.2, 0.25) is 0 Å². The Balaban J connectivity index is 2.31. The van der Waals surface area contributed by atoms with E-state index in [0.29, 0.717) is 13.0 Å². The number of aliphatic hydroxyl groups excluding tert-OH is 1. The highest BCUT2D eigenvalue weighted by Gasteiger charge is 2.13. The zero-order chi connectivity index (χ0) is 11.8. The first-order valence-electron chi connectivity index (χ1n) is 5.83. The summed E-state index contributed by atoms with van der Waals surface area (Å²) >= 11 is 0. The predicted molar refractivity (Wildman–Crippen MR) is 62.1 cm³/mol. The summed E-state index contributed by atoms with van der Waals surface area (Å²) in [6.45, 7) is 0.264. The number of ether oxygens (including phenoxy) is 1. The molecule has 1 aliphatic carbocycles. The van der Waals surface area contributed by atoms with Gasteiger partial charge in [-0.3, -0.25) is 4.79 Å². The van der Waals surface area contributed by atoms with E-state index in [9.17, 15) is 4.79 Å². The van der Waals surface area contributed by atoms with Crippen molar-refractivity contribution < 1.29 is 14.6 Å². The predicted octanol–water partition coefficient (Wildman–Crippen LogP) is 1.00. The van der Waals surface area contributed by atoms with E-state index in [2.05, 4.69) is 11.4 Å². The molecule has 0 saturated carbocycles. The normalized spacial score (nSPS) is 17.8. The van der Waals surface area contributed by atoms with Crippen molar-refractivity contribution in [1.82, 2.24) is 5.32 Å². The SMILES string of the molecule is COCC(CO)NC(=O)CC1=CCCCC1. The topological polar surface area (TPSA) is 58.6 Å². The minimum Gasteiger partial charge on any atom is -0.394 e. The molecule has 2 N–H and O–H groups in total. The zero-order valence-electron chi connectivity index (χ0n) is 9.87. The number of hydrogen-bond acceptors (Lipinski definition) is 3. The number of methoxy groups -OCH3 is 1. The van der Waals surface area contributed by atoms with Crippen molar-refractivity contribution in [1.29, 1.82) is 0 Å². The average Bonchev–Trinajstić information content (AvgIpc) is 2.29. The minimum absolute atomic E-state index is 0.0238. The van der Waals surface area contributed by atoms with Gasteiger partial charge in [0.2, 0.25) is 5.91 Å². The van der Waals surface area contributed by atoms with Gasteiger partial charge in [0, 0.05) is 13.5 Å². The molecule has 0 aromatic carbocycles. The van der Waals surface area contributed by atoms with Gasteiger partial charge >= 0.3 is 0 Å². The zero-order valence-corrected chi connectivity index (χ0v) is 9.87. The maximum absolute atomic E-state index is 11.6. The van der Waals surface area contributed by atoms with Gasteiger partial charge in [0.15, 0.2) is 0 Å². The Morgan fingerprint density at radius 3 is 3.00 bits per heavy atom. The van der Waals surface area contributed by atoms with Crippen LogP contribution in [0.4, 0.5) is 0 Å². The average molecular weight is 227 g/mol. The summed E-state index contributed by atoms with van der Waals surface area (Å²) in [6, 6.07) is -0.290. The molecule has 92 valence electrons. The Labute approximate surface area is 96.7 Å². The van der Waals surface area contributed by atoms with E-state index < -0.39 is 0 Å². The third kappa shape index (κ3) is 4.77. The number of hydrogen-bond donors (Lipinski definition) is 2. The summed E-state index contributed by atoms with van der Waals surface area (Å²) in [4.78, 5) is 11.6. The van der Waals surface area contributed by atoms with Crippen molar-refractivity contribution >= 4 is 5.91 Å². The lowest BCUT2D eigenvalue weighted by atomic mass is 9.97. The molecule has 1 unspecified atom stereocenters. The van der Waals surface area contributed by atoms with Crippen LogP contribution in [0.15, 0.2) is 11.6 Å². The van der Waals surface area contributed by atoms with Gasteiger partial charge in [-0.2, -0.15) is 0 Å². The summed E-state index contributed by atoms with van der Waals surface area (Å²) < 4.78 is 4.90. The molecule has 0 aliphatic heterocycles. The fourth-order valence-corrected chi connectivity index (χ4v) is 1.89. The number of nitrogens with one attached hydrogen (secondary N) is 1. The maximum Gasteiger partial charge on any atom is 0.224 e. The molecule has 1 rings (SSSR count). The number of carbonyl (C=O) groups excluding carboxylic acids is 1. The summed E-state index contributed by atoms with van der Waals surface area (Å²) in [6.07, 6.45) is 7.15. The molecule has 0 bridgehead atoms. The Morgan fingerprint density at radius 1 is 1.62 bits per heavy atom.